The molecule has 1 heterocycles. The van der Waals surface area contributed by atoms with Gasteiger partial charge in [-0.05, 0) is 95.3 Å². The molecular weight excluding hydrogens is 440 g/mol. The Labute approximate surface area is 212 Å². The van der Waals surface area contributed by atoms with Gasteiger partial charge in [0.1, 0.15) is 5.78 Å². The Morgan fingerprint density at radius 3 is 2.26 bits per heavy atom. The van der Waals surface area contributed by atoms with Gasteiger partial charge in [0.2, 0.25) is 0 Å². The standard InChI is InChI=1S/C30H50O5/c1-18-19(25-20(17-21(18)31)29(7,33)16-15-26(25,2)3)9-10-22-28(6)13-11-23(32)27(4,5)35-24(28)12-14-30(22,8)34/h9,18,20,22-25,32-34H,10-17H2,1-8H3/b19-9+/t18-,20-,22-,23-,24-,25+,28-,29-,30+/m0/s1. The molecule has 0 spiro atoms. The minimum absolute atomic E-state index is 0.00871. The van der Waals surface area contributed by atoms with Crippen LogP contribution in [0.15, 0.2) is 11.6 Å². The van der Waals surface area contributed by atoms with Crippen LogP contribution < -0.4 is 0 Å². The van der Waals surface area contributed by atoms with E-state index in [9.17, 15) is 20.1 Å². The lowest BCUT2D eigenvalue weighted by Gasteiger charge is -2.56. The zero-order chi connectivity index (χ0) is 26.2. The third kappa shape index (κ3) is 4.57. The highest BCUT2D eigenvalue weighted by Crippen LogP contribution is 2.58. The molecule has 4 aliphatic rings. The monoisotopic (exact) mass is 490 g/mol. The first-order chi connectivity index (χ1) is 15.9. The number of hydrogen-bond donors (Lipinski definition) is 3. The van der Waals surface area contributed by atoms with Crippen molar-refractivity contribution in [3.05, 3.63) is 11.6 Å². The minimum atomic E-state index is -0.847. The van der Waals surface area contributed by atoms with Gasteiger partial charge in [-0.25, -0.2) is 0 Å². The molecule has 5 heteroatoms. The average Bonchev–Trinajstić information content (AvgIpc) is 2.82. The van der Waals surface area contributed by atoms with Gasteiger partial charge < -0.3 is 20.1 Å². The SMILES string of the molecule is C[C@@H]1C(=O)C[C@H]2[C@@H](/C1=C/C[C@H]1[C@]3(C)CC[C@H](O)C(C)(C)O[C@H]3CC[C@@]1(C)O)C(C)(C)CC[C@]2(C)O. The molecule has 3 aliphatic carbocycles. The molecule has 1 saturated heterocycles. The summed E-state index contributed by atoms with van der Waals surface area (Å²) in [4.78, 5) is 13.1. The second kappa shape index (κ2) is 8.64. The van der Waals surface area contributed by atoms with Crippen LogP contribution in [-0.2, 0) is 9.53 Å². The fourth-order valence-electron chi connectivity index (χ4n) is 8.40. The Bertz CT molecular complexity index is 868. The molecule has 4 fully saturated rings. The number of Topliss-reactive ketones (excluding diaryl/α,β-unsaturated/α-hetero) is 1. The number of fused-ring (bicyclic) bond motifs is 2. The molecule has 200 valence electrons. The first kappa shape index (κ1) is 27.3. The lowest BCUT2D eigenvalue weighted by atomic mass is 9.50. The number of aliphatic hydroxyl groups excluding tert-OH is 1. The van der Waals surface area contributed by atoms with Crippen LogP contribution >= 0.6 is 0 Å². The smallest absolute Gasteiger partial charge is 0.140 e. The molecule has 0 aromatic carbocycles. The van der Waals surface area contributed by atoms with Crippen molar-refractivity contribution in [2.24, 2.45) is 34.5 Å². The van der Waals surface area contributed by atoms with Gasteiger partial charge in [0.05, 0.1) is 29.0 Å². The van der Waals surface area contributed by atoms with Gasteiger partial charge in [0.15, 0.2) is 0 Å². The molecule has 4 rings (SSSR count). The van der Waals surface area contributed by atoms with Gasteiger partial charge in [-0.2, -0.15) is 0 Å². The van der Waals surface area contributed by atoms with Gasteiger partial charge in [-0.15, -0.1) is 0 Å². The van der Waals surface area contributed by atoms with Crippen molar-refractivity contribution >= 4 is 5.78 Å². The molecule has 1 aliphatic heterocycles. The van der Waals surface area contributed by atoms with Crippen LogP contribution in [0.2, 0.25) is 0 Å². The normalized spacial score (nSPS) is 50.8. The summed E-state index contributed by atoms with van der Waals surface area (Å²) in [6, 6.07) is 0. The molecule has 3 N–H and O–H groups in total. The summed E-state index contributed by atoms with van der Waals surface area (Å²) in [7, 11) is 0. The zero-order valence-corrected chi connectivity index (χ0v) is 23.4. The Morgan fingerprint density at radius 1 is 0.943 bits per heavy atom. The van der Waals surface area contributed by atoms with E-state index in [0.29, 0.717) is 25.7 Å². The molecule has 3 saturated carbocycles. The summed E-state index contributed by atoms with van der Waals surface area (Å²) in [5, 5.41) is 33.7. The first-order valence-corrected chi connectivity index (χ1v) is 14.0. The molecule has 35 heavy (non-hydrogen) atoms. The maximum atomic E-state index is 13.1. The predicted octanol–water partition coefficient (Wildman–Crippen LogP) is 5.20. The van der Waals surface area contributed by atoms with Crippen LogP contribution in [0.1, 0.15) is 107 Å². The summed E-state index contributed by atoms with van der Waals surface area (Å²) in [6.07, 6.45) is 7.38. The van der Waals surface area contributed by atoms with E-state index in [1.54, 1.807) is 0 Å². The number of rotatable bonds is 2. The maximum absolute atomic E-state index is 13.1. The fraction of sp³-hybridized carbons (Fsp3) is 0.900. The first-order valence-electron chi connectivity index (χ1n) is 14.0. The number of allylic oxidation sites excluding steroid dienone is 2. The van der Waals surface area contributed by atoms with E-state index in [4.69, 9.17) is 4.74 Å². The third-order valence-corrected chi connectivity index (χ3v) is 11.1. The molecular formula is C30H50O5. The lowest BCUT2D eigenvalue weighted by Crippen LogP contribution is -2.56. The van der Waals surface area contributed by atoms with E-state index in [1.807, 2.05) is 34.6 Å². The largest absolute Gasteiger partial charge is 0.390 e. The summed E-state index contributed by atoms with van der Waals surface area (Å²) < 4.78 is 6.55. The molecule has 0 amide bonds. The molecule has 9 atom stereocenters. The molecule has 0 aromatic heterocycles. The number of ether oxygens (including phenoxy) is 1. The van der Waals surface area contributed by atoms with Crippen LogP contribution in [0.3, 0.4) is 0 Å². The molecule has 0 radical (unpaired) electrons. The van der Waals surface area contributed by atoms with Gasteiger partial charge in [0, 0.05) is 18.3 Å². The highest BCUT2D eigenvalue weighted by molar-refractivity contribution is 5.85. The highest BCUT2D eigenvalue weighted by atomic mass is 16.5. The van der Waals surface area contributed by atoms with Crippen LogP contribution in [0.5, 0.6) is 0 Å². The van der Waals surface area contributed by atoms with Crippen LogP contribution in [-0.4, -0.2) is 50.1 Å². The van der Waals surface area contributed by atoms with Crippen molar-refractivity contribution in [3.63, 3.8) is 0 Å². The molecule has 0 unspecified atom stereocenters. The van der Waals surface area contributed by atoms with Gasteiger partial charge in [-0.3, -0.25) is 4.79 Å². The van der Waals surface area contributed by atoms with Crippen molar-refractivity contribution in [1.82, 2.24) is 0 Å². The van der Waals surface area contributed by atoms with Gasteiger partial charge in [-0.1, -0.05) is 39.3 Å². The third-order valence-electron chi connectivity index (χ3n) is 11.1. The Kier molecular flexibility index (Phi) is 6.74. The van der Waals surface area contributed by atoms with E-state index < -0.39 is 22.9 Å². The lowest BCUT2D eigenvalue weighted by molar-refractivity contribution is -0.204. The average molecular weight is 491 g/mol. The van der Waals surface area contributed by atoms with Crippen molar-refractivity contribution in [1.29, 1.82) is 0 Å². The Morgan fingerprint density at radius 2 is 1.60 bits per heavy atom. The van der Waals surface area contributed by atoms with Crippen LogP contribution in [0.25, 0.3) is 0 Å². The van der Waals surface area contributed by atoms with Gasteiger partial charge >= 0.3 is 0 Å². The van der Waals surface area contributed by atoms with E-state index in [2.05, 4.69) is 26.8 Å². The highest BCUT2D eigenvalue weighted by Gasteiger charge is 2.57. The van der Waals surface area contributed by atoms with E-state index >= 15 is 0 Å². The van der Waals surface area contributed by atoms with Gasteiger partial charge in [0.25, 0.3) is 0 Å². The summed E-state index contributed by atoms with van der Waals surface area (Å²) in [5.41, 5.74) is -1.40. The number of hydrogen-bond acceptors (Lipinski definition) is 5. The van der Waals surface area contributed by atoms with Crippen molar-refractivity contribution in [2.75, 3.05) is 0 Å². The minimum Gasteiger partial charge on any atom is -0.390 e. The zero-order valence-electron chi connectivity index (χ0n) is 23.4. The number of carbonyl (C=O) groups excluding carboxylic acids is 1. The van der Waals surface area contributed by atoms with E-state index in [1.165, 1.54) is 0 Å². The van der Waals surface area contributed by atoms with E-state index in [0.717, 1.165) is 31.3 Å². The topological polar surface area (TPSA) is 87.0 Å². The summed E-state index contributed by atoms with van der Waals surface area (Å²) >= 11 is 0. The summed E-state index contributed by atoms with van der Waals surface area (Å²) in [5.74, 6) is 0.110. The van der Waals surface area contributed by atoms with Crippen LogP contribution in [0, 0.1) is 34.5 Å². The number of ketones is 1. The Hall–Kier alpha value is -0.750. The number of aliphatic hydroxyl groups is 3. The maximum Gasteiger partial charge on any atom is 0.140 e. The number of carbonyl (C=O) groups is 1. The molecule has 0 aromatic rings. The summed E-state index contributed by atoms with van der Waals surface area (Å²) in [6.45, 7) is 16.6. The Balaban J connectivity index is 1.72. The van der Waals surface area contributed by atoms with Crippen molar-refractivity contribution in [3.8, 4) is 0 Å². The second-order valence-corrected chi connectivity index (χ2v) is 14.5. The fourth-order valence-corrected chi connectivity index (χ4v) is 8.40. The van der Waals surface area contributed by atoms with Crippen molar-refractivity contribution < 1.29 is 24.9 Å². The second-order valence-electron chi connectivity index (χ2n) is 14.5. The quantitative estimate of drug-likeness (QED) is 0.463. The van der Waals surface area contributed by atoms with E-state index in [-0.39, 0.29) is 46.4 Å². The van der Waals surface area contributed by atoms with Crippen molar-refractivity contribution in [2.45, 2.75) is 136 Å². The van der Waals surface area contributed by atoms with Crippen LogP contribution in [0.4, 0.5) is 0 Å². The molecule has 0 bridgehead atoms. The molecule has 5 nitrogen and oxygen atoms in total. The predicted molar refractivity (Wildman–Crippen MR) is 138 cm³/mol.